The van der Waals surface area contributed by atoms with Crippen molar-refractivity contribution in [1.82, 2.24) is 5.32 Å². The van der Waals surface area contributed by atoms with Crippen molar-refractivity contribution in [2.45, 2.75) is 6.04 Å². The van der Waals surface area contributed by atoms with Crippen LogP contribution in [0.2, 0.25) is 0 Å². The summed E-state index contributed by atoms with van der Waals surface area (Å²) in [7, 11) is 1.09. The molecular weight excluding hydrogens is 262 g/mol. The SMILES string of the molecule is COC(=O)C(CO)NC(=O)Nc1ccc(F)cc1F. The van der Waals surface area contributed by atoms with Crippen molar-refractivity contribution in [1.29, 1.82) is 0 Å². The van der Waals surface area contributed by atoms with Crippen LogP contribution in [0.3, 0.4) is 0 Å². The smallest absolute Gasteiger partial charge is 0.330 e. The van der Waals surface area contributed by atoms with E-state index >= 15 is 0 Å². The largest absolute Gasteiger partial charge is 0.467 e. The van der Waals surface area contributed by atoms with E-state index in [4.69, 9.17) is 5.11 Å². The number of hydrogen-bond donors (Lipinski definition) is 3. The van der Waals surface area contributed by atoms with Crippen LogP contribution in [-0.4, -0.2) is 36.9 Å². The summed E-state index contributed by atoms with van der Waals surface area (Å²) in [5, 5.41) is 13.0. The fourth-order valence-corrected chi connectivity index (χ4v) is 1.23. The fourth-order valence-electron chi connectivity index (χ4n) is 1.23. The van der Waals surface area contributed by atoms with Crippen molar-refractivity contribution in [3.63, 3.8) is 0 Å². The van der Waals surface area contributed by atoms with Crippen molar-refractivity contribution < 1.29 is 28.2 Å². The highest BCUT2D eigenvalue weighted by Gasteiger charge is 2.20. The maximum Gasteiger partial charge on any atom is 0.330 e. The van der Waals surface area contributed by atoms with Gasteiger partial charge in [-0.1, -0.05) is 0 Å². The average molecular weight is 274 g/mol. The fraction of sp³-hybridized carbons (Fsp3) is 0.273. The Morgan fingerprint density at radius 2 is 2.11 bits per heavy atom. The molecule has 8 heteroatoms. The molecule has 0 aliphatic rings. The molecule has 19 heavy (non-hydrogen) atoms. The van der Waals surface area contributed by atoms with Crippen LogP contribution < -0.4 is 10.6 Å². The zero-order valence-corrected chi connectivity index (χ0v) is 9.94. The number of rotatable bonds is 4. The molecule has 6 nitrogen and oxygen atoms in total. The summed E-state index contributed by atoms with van der Waals surface area (Å²) in [5.41, 5.74) is -0.263. The first-order chi connectivity index (χ1) is 8.97. The second-order valence-corrected chi connectivity index (χ2v) is 3.48. The minimum Gasteiger partial charge on any atom is -0.467 e. The number of carbonyl (C=O) groups excluding carboxylic acids is 2. The number of esters is 1. The molecule has 3 N–H and O–H groups in total. The molecule has 1 unspecified atom stereocenters. The second-order valence-electron chi connectivity index (χ2n) is 3.48. The predicted molar refractivity (Wildman–Crippen MR) is 61.4 cm³/mol. The Balaban J connectivity index is 2.66. The molecule has 0 radical (unpaired) electrons. The molecule has 0 bridgehead atoms. The first kappa shape index (κ1) is 14.8. The molecule has 0 saturated heterocycles. The molecule has 0 heterocycles. The van der Waals surface area contributed by atoms with Crippen LogP contribution in [0.4, 0.5) is 19.3 Å². The molecule has 0 saturated carbocycles. The zero-order chi connectivity index (χ0) is 14.4. The van der Waals surface area contributed by atoms with E-state index in [0.29, 0.717) is 6.07 Å². The van der Waals surface area contributed by atoms with Crippen LogP contribution in [0.1, 0.15) is 0 Å². The van der Waals surface area contributed by atoms with Crippen LogP contribution >= 0.6 is 0 Å². The normalized spacial score (nSPS) is 11.6. The van der Waals surface area contributed by atoms with Gasteiger partial charge in [-0.15, -0.1) is 0 Å². The monoisotopic (exact) mass is 274 g/mol. The lowest BCUT2D eigenvalue weighted by atomic mass is 10.3. The standard InChI is InChI=1S/C11H12F2N2O4/c1-19-10(17)9(5-16)15-11(18)14-8-3-2-6(12)4-7(8)13/h2-4,9,16H,5H2,1H3,(H2,14,15,18). The van der Waals surface area contributed by atoms with Crippen molar-refractivity contribution >= 4 is 17.7 Å². The number of aliphatic hydroxyl groups is 1. The van der Waals surface area contributed by atoms with Gasteiger partial charge in [0, 0.05) is 6.07 Å². The summed E-state index contributed by atoms with van der Waals surface area (Å²) in [5.74, 6) is -2.60. The van der Waals surface area contributed by atoms with E-state index in [1.165, 1.54) is 0 Å². The van der Waals surface area contributed by atoms with Gasteiger partial charge in [0.1, 0.15) is 11.6 Å². The number of nitrogens with one attached hydrogen (secondary N) is 2. The molecular formula is C11H12F2N2O4. The zero-order valence-electron chi connectivity index (χ0n) is 9.94. The molecule has 0 spiro atoms. The van der Waals surface area contributed by atoms with Crippen LogP contribution in [0.25, 0.3) is 0 Å². The summed E-state index contributed by atoms with van der Waals surface area (Å²) in [6, 6.07) is 0.377. The first-order valence-corrected chi connectivity index (χ1v) is 5.19. The van der Waals surface area contributed by atoms with Gasteiger partial charge >= 0.3 is 12.0 Å². The van der Waals surface area contributed by atoms with E-state index in [1.807, 2.05) is 0 Å². The molecule has 1 aromatic carbocycles. The lowest BCUT2D eigenvalue weighted by Crippen LogP contribution is -2.45. The summed E-state index contributed by atoms with van der Waals surface area (Å²) in [4.78, 5) is 22.5. The maximum atomic E-state index is 13.2. The summed E-state index contributed by atoms with van der Waals surface area (Å²) in [6.45, 7) is -0.675. The Labute approximate surface area is 107 Å². The van der Waals surface area contributed by atoms with E-state index in [2.05, 4.69) is 15.4 Å². The lowest BCUT2D eigenvalue weighted by Gasteiger charge is -2.14. The highest BCUT2D eigenvalue weighted by Crippen LogP contribution is 2.14. The molecule has 0 aliphatic heterocycles. The summed E-state index contributed by atoms with van der Waals surface area (Å²) >= 11 is 0. The minimum absolute atomic E-state index is 0.263. The Hall–Kier alpha value is -2.22. The number of benzene rings is 1. The van der Waals surface area contributed by atoms with Gasteiger partial charge in [-0.05, 0) is 12.1 Å². The third kappa shape index (κ3) is 4.18. The number of carbonyl (C=O) groups is 2. The number of hydrogen-bond acceptors (Lipinski definition) is 4. The number of methoxy groups -OCH3 is 1. The Bertz CT molecular complexity index is 482. The average Bonchev–Trinajstić information content (AvgIpc) is 2.38. The summed E-state index contributed by atoms with van der Waals surface area (Å²) < 4.78 is 30.2. The van der Waals surface area contributed by atoms with Crippen molar-refractivity contribution in [3.8, 4) is 0 Å². The Morgan fingerprint density at radius 1 is 1.42 bits per heavy atom. The van der Waals surface area contributed by atoms with Crippen LogP contribution in [0, 0.1) is 11.6 Å². The molecule has 1 aromatic rings. The quantitative estimate of drug-likeness (QED) is 0.702. The predicted octanol–water partition coefficient (Wildman–Crippen LogP) is 0.620. The van der Waals surface area contributed by atoms with Gasteiger partial charge in [0.25, 0.3) is 0 Å². The minimum atomic E-state index is -1.27. The number of halogens is 2. The highest BCUT2D eigenvalue weighted by atomic mass is 19.1. The van der Waals surface area contributed by atoms with E-state index < -0.39 is 36.3 Å². The molecule has 0 aromatic heterocycles. The van der Waals surface area contributed by atoms with Crippen LogP contribution in [0.5, 0.6) is 0 Å². The summed E-state index contributed by atoms with van der Waals surface area (Å²) in [6.07, 6.45) is 0. The van der Waals surface area contributed by atoms with Gasteiger partial charge in [0.05, 0.1) is 19.4 Å². The van der Waals surface area contributed by atoms with Crippen molar-refractivity contribution in [2.24, 2.45) is 0 Å². The number of anilines is 1. The van der Waals surface area contributed by atoms with Gasteiger partial charge in [-0.2, -0.15) is 0 Å². The third-order valence-corrected chi connectivity index (χ3v) is 2.15. The van der Waals surface area contributed by atoms with E-state index in [1.54, 1.807) is 0 Å². The Kier molecular flexibility index (Phi) is 5.19. The first-order valence-electron chi connectivity index (χ1n) is 5.19. The molecule has 104 valence electrons. The van der Waals surface area contributed by atoms with E-state index in [0.717, 1.165) is 19.2 Å². The van der Waals surface area contributed by atoms with E-state index in [-0.39, 0.29) is 5.69 Å². The van der Waals surface area contributed by atoms with Crippen LogP contribution in [-0.2, 0) is 9.53 Å². The highest BCUT2D eigenvalue weighted by molar-refractivity contribution is 5.92. The van der Waals surface area contributed by atoms with Crippen molar-refractivity contribution in [2.75, 3.05) is 19.0 Å². The number of amides is 2. The molecule has 0 aliphatic carbocycles. The molecule has 0 fully saturated rings. The molecule has 1 atom stereocenters. The van der Waals surface area contributed by atoms with Gasteiger partial charge in [-0.3, -0.25) is 0 Å². The lowest BCUT2D eigenvalue weighted by molar-refractivity contribution is -0.143. The topological polar surface area (TPSA) is 87.7 Å². The van der Waals surface area contributed by atoms with Crippen LogP contribution in [0.15, 0.2) is 18.2 Å². The molecule has 2 amide bonds. The number of urea groups is 1. The number of aliphatic hydroxyl groups excluding tert-OH is 1. The second kappa shape index (κ2) is 6.64. The number of ether oxygens (including phenoxy) is 1. The van der Waals surface area contributed by atoms with Crippen molar-refractivity contribution in [3.05, 3.63) is 29.8 Å². The van der Waals surface area contributed by atoms with Gasteiger partial charge in [0.15, 0.2) is 6.04 Å². The molecule has 1 rings (SSSR count). The van der Waals surface area contributed by atoms with E-state index in [9.17, 15) is 18.4 Å². The van der Waals surface area contributed by atoms with Gasteiger partial charge in [-0.25, -0.2) is 18.4 Å². The maximum absolute atomic E-state index is 13.2. The van der Waals surface area contributed by atoms with Gasteiger partial charge < -0.3 is 20.5 Å². The Morgan fingerprint density at radius 3 is 2.63 bits per heavy atom. The third-order valence-electron chi connectivity index (χ3n) is 2.15. The van der Waals surface area contributed by atoms with Gasteiger partial charge in [0.2, 0.25) is 0 Å².